The molecule has 1 nitrogen and oxygen atoms in total. The number of allylic oxidation sites excluding steroid dienone is 1. The van der Waals surface area contributed by atoms with Crippen LogP contribution in [-0.4, -0.2) is 11.2 Å². The van der Waals surface area contributed by atoms with Crippen molar-refractivity contribution in [2.24, 2.45) is 10.8 Å². The number of hydrogen-bond donors (Lipinski definition) is 1. The number of aliphatic hydroxyl groups excluding tert-OH is 1. The average molecular weight is 210 g/mol. The molecule has 0 aliphatic heterocycles. The van der Waals surface area contributed by atoms with Crippen LogP contribution in [0.1, 0.15) is 59.8 Å². The van der Waals surface area contributed by atoms with Crippen LogP contribution in [0, 0.1) is 10.8 Å². The van der Waals surface area contributed by atoms with Crippen molar-refractivity contribution in [3.63, 3.8) is 0 Å². The van der Waals surface area contributed by atoms with E-state index in [1.54, 1.807) is 0 Å². The van der Waals surface area contributed by atoms with E-state index in [2.05, 4.69) is 26.8 Å². The fourth-order valence-corrected chi connectivity index (χ4v) is 2.45. The Bertz CT molecular complexity index is 229. The van der Waals surface area contributed by atoms with E-state index in [1.807, 2.05) is 13.0 Å². The van der Waals surface area contributed by atoms with Crippen LogP contribution in [0.4, 0.5) is 0 Å². The molecular weight excluding hydrogens is 184 g/mol. The second-order valence-corrected chi connectivity index (χ2v) is 5.84. The highest BCUT2D eigenvalue weighted by molar-refractivity contribution is 5.07. The van der Waals surface area contributed by atoms with Gasteiger partial charge in [-0.25, -0.2) is 0 Å². The van der Waals surface area contributed by atoms with Gasteiger partial charge in [0.05, 0.1) is 6.10 Å². The highest BCUT2D eigenvalue weighted by Gasteiger charge is 2.40. The molecule has 0 spiro atoms. The van der Waals surface area contributed by atoms with E-state index in [-0.39, 0.29) is 11.5 Å². The molecule has 2 unspecified atom stereocenters. The Kier molecular flexibility index (Phi) is 3.99. The second-order valence-electron chi connectivity index (χ2n) is 5.84. The van der Waals surface area contributed by atoms with E-state index in [0.29, 0.717) is 5.41 Å². The van der Waals surface area contributed by atoms with Crippen molar-refractivity contribution in [3.05, 3.63) is 12.2 Å². The predicted molar refractivity (Wildman–Crippen MR) is 65.8 cm³/mol. The van der Waals surface area contributed by atoms with Crippen molar-refractivity contribution in [2.45, 2.75) is 65.9 Å². The lowest BCUT2D eigenvalue weighted by atomic mass is 9.58. The molecular formula is C14H26O. The van der Waals surface area contributed by atoms with Crippen LogP contribution in [0.25, 0.3) is 0 Å². The van der Waals surface area contributed by atoms with Crippen LogP contribution in [0.3, 0.4) is 0 Å². The standard InChI is InChI=1S/C14H26O/c1-5-12(15)8-11-14(4)10-7-6-9-13(14,2)3/h8,11-12,15H,5-7,9-10H2,1-4H3. The molecule has 0 aromatic rings. The van der Waals surface area contributed by atoms with Gasteiger partial charge < -0.3 is 5.11 Å². The Morgan fingerprint density at radius 1 is 1.20 bits per heavy atom. The quantitative estimate of drug-likeness (QED) is 0.700. The van der Waals surface area contributed by atoms with Gasteiger partial charge in [0.15, 0.2) is 0 Å². The molecule has 1 N–H and O–H groups in total. The summed E-state index contributed by atoms with van der Waals surface area (Å²) in [4.78, 5) is 0. The maximum Gasteiger partial charge on any atom is 0.0718 e. The number of aliphatic hydroxyl groups is 1. The molecule has 0 bridgehead atoms. The normalized spacial score (nSPS) is 33.1. The smallest absolute Gasteiger partial charge is 0.0718 e. The number of rotatable bonds is 3. The molecule has 15 heavy (non-hydrogen) atoms. The van der Waals surface area contributed by atoms with Crippen LogP contribution in [0.15, 0.2) is 12.2 Å². The van der Waals surface area contributed by atoms with Gasteiger partial charge in [-0.3, -0.25) is 0 Å². The lowest BCUT2D eigenvalue weighted by Gasteiger charge is -2.46. The Balaban J connectivity index is 2.75. The summed E-state index contributed by atoms with van der Waals surface area (Å²) in [5, 5.41) is 9.59. The second kappa shape index (κ2) is 4.69. The summed E-state index contributed by atoms with van der Waals surface area (Å²) in [5.41, 5.74) is 0.636. The maximum atomic E-state index is 9.59. The molecule has 1 saturated carbocycles. The minimum Gasteiger partial charge on any atom is -0.389 e. The van der Waals surface area contributed by atoms with Gasteiger partial charge in [-0.1, -0.05) is 52.7 Å². The fourth-order valence-electron chi connectivity index (χ4n) is 2.45. The first-order valence-corrected chi connectivity index (χ1v) is 6.29. The molecule has 1 heteroatoms. The SMILES string of the molecule is CCC(O)C=CC1(C)CCCCC1(C)C. The largest absolute Gasteiger partial charge is 0.389 e. The molecule has 1 aliphatic carbocycles. The third-order valence-corrected chi connectivity index (χ3v) is 4.40. The fraction of sp³-hybridized carbons (Fsp3) is 0.857. The van der Waals surface area contributed by atoms with Gasteiger partial charge in [0.2, 0.25) is 0 Å². The van der Waals surface area contributed by atoms with Gasteiger partial charge in [0.1, 0.15) is 0 Å². The van der Waals surface area contributed by atoms with E-state index in [0.717, 1.165) is 6.42 Å². The van der Waals surface area contributed by atoms with E-state index in [1.165, 1.54) is 25.7 Å². The minimum absolute atomic E-state index is 0.264. The first-order chi connectivity index (χ1) is 6.91. The highest BCUT2D eigenvalue weighted by atomic mass is 16.3. The van der Waals surface area contributed by atoms with Crippen LogP contribution < -0.4 is 0 Å². The lowest BCUT2D eigenvalue weighted by molar-refractivity contribution is 0.0789. The minimum atomic E-state index is -0.264. The van der Waals surface area contributed by atoms with Gasteiger partial charge in [-0.05, 0) is 30.1 Å². The zero-order valence-electron chi connectivity index (χ0n) is 10.7. The van der Waals surface area contributed by atoms with Crippen molar-refractivity contribution in [1.29, 1.82) is 0 Å². The van der Waals surface area contributed by atoms with Gasteiger partial charge in [-0.2, -0.15) is 0 Å². The molecule has 0 saturated heterocycles. The molecule has 1 rings (SSSR count). The van der Waals surface area contributed by atoms with Gasteiger partial charge in [-0.15, -0.1) is 0 Å². The molecule has 88 valence electrons. The summed E-state index contributed by atoms with van der Waals surface area (Å²) in [5.74, 6) is 0. The Labute approximate surface area is 94.6 Å². The summed E-state index contributed by atoms with van der Waals surface area (Å²) in [7, 11) is 0. The van der Waals surface area contributed by atoms with Crippen LogP contribution in [0.2, 0.25) is 0 Å². The summed E-state index contributed by atoms with van der Waals surface area (Å²) < 4.78 is 0. The zero-order chi connectivity index (χ0) is 11.5. The third kappa shape index (κ3) is 2.84. The molecule has 2 atom stereocenters. The van der Waals surface area contributed by atoms with Crippen molar-refractivity contribution >= 4 is 0 Å². The first-order valence-electron chi connectivity index (χ1n) is 6.29. The Hall–Kier alpha value is -0.300. The van der Waals surface area contributed by atoms with Gasteiger partial charge in [0, 0.05) is 0 Å². The monoisotopic (exact) mass is 210 g/mol. The molecule has 0 aromatic heterocycles. The maximum absolute atomic E-state index is 9.59. The molecule has 0 aromatic carbocycles. The molecule has 1 aliphatic rings. The van der Waals surface area contributed by atoms with Crippen molar-refractivity contribution in [2.75, 3.05) is 0 Å². The van der Waals surface area contributed by atoms with E-state index < -0.39 is 0 Å². The first kappa shape index (κ1) is 12.8. The number of hydrogen-bond acceptors (Lipinski definition) is 1. The summed E-state index contributed by atoms with van der Waals surface area (Å²) in [6.45, 7) is 9.07. The summed E-state index contributed by atoms with van der Waals surface area (Å²) in [6, 6.07) is 0. The van der Waals surface area contributed by atoms with Crippen LogP contribution >= 0.6 is 0 Å². The highest BCUT2D eigenvalue weighted by Crippen LogP contribution is 2.51. The summed E-state index contributed by atoms with van der Waals surface area (Å²) >= 11 is 0. The third-order valence-electron chi connectivity index (χ3n) is 4.40. The van der Waals surface area contributed by atoms with Gasteiger partial charge in [0.25, 0.3) is 0 Å². The van der Waals surface area contributed by atoms with Crippen LogP contribution in [-0.2, 0) is 0 Å². The Morgan fingerprint density at radius 2 is 1.80 bits per heavy atom. The summed E-state index contributed by atoms with van der Waals surface area (Å²) in [6.07, 6.45) is 10.0. The predicted octanol–water partition coefficient (Wildman–Crippen LogP) is 3.92. The average Bonchev–Trinajstić information content (AvgIpc) is 2.19. The molecule has 0 heterocycles. The molecule has 0 amide bonds. The van der Waals surface area contributed by atoms with E-state index in [4.69, 9.17) is 0 Å². The molecule has 0 radical (unpaired) electrons. The Morgan fingerprint density at radius 3 is 2.33 bits per heavy atom. The molecule has 1 fully saturated rings. The lowest BCUT2D eigenvalue weighted by Crippen LogP contribution is -2.36. The van der Waals surface area contributed by atoms with Crippen LogP contribution in [0.5, 0.6) is 0 Å². The van der Waals surface area contributed by atoms with Gasteiger partial charge >= 0.3 is 0 Å². The van der Waals surface area contributed by atoms with Crippen molar-refractivity contribution in [1.82, 2.24) is 0 Å². The topological polar surface area (TPSA) is 20.2 Å². The zero-order valence-corrected chi connectivity index (χ0v) is 10.7. The van der Waals surface area contributed by atoms with Crippen molar-refractivity contribution in [3.8, 4) is 0 Å². The van der Waals surface area contributed by atoms with E-state index >= 15 is 0 Å². The van der Waals surface area contributed by atoms with E-state index in [9.17, 15) is 5.11 Å². The van der Waals surface area contributed by atoms with Crippen molar-refractivity contribution < 1.29 is 5.11 Å².